The molecule has 0 aliphatic carbocycles. The molecule has 5 nitrogen and oxygen atoms in total. The molecule has 0 bridgehead atoms. The number of benzene rings is 2. The third kappa shape index (κ3) is 4.27. The van der Waals surface area contributed by atoms with Crippen LogP contribution in [0.15, 0.2) is 48.5 Å². The summed E-state index contributed by atoms with van der Waals surface area (Å²) >= 11 is 0. The van der Waals surface area contributed by atoms with Crippen LogP contribution in [0.5, 0.6) is 0 Å². The van der Waals surface area contributed by atoms with Gasteiger partial charge in [0, 0.05) is 5.56 Å². The van der Waals surface area contributed by atoms with Crippen LogP contribution >= 0.6 is 0 Å². The first-order valence-electron chi connectivity index (χ1n) is 9.21. The van der Waals surface area contributed by atoms with Crippen LogP contribution in [0.4, 0.5) is 24.5 Å². The summed E-state index contributed by atoms with van der Waals surface area (Å²) in [4.78, 5) is 27.9. The monoisotopic (exact) mass is 406 g/mol. The van der Waals surface area contributed by atoms with Gasteiger partial charge < -0.3 is 10.2 Å². The number of hydrogen-bond acceptors (Lipinski definition) is 2. The van der Waals surface area contributed by atoms with Crippen molar-refractivity contribution in [1.82, 2.24) is 0 Å². The lowest BCUT2D eigenvalue weighted by Crippen LogP contribution is -3.09. The van der Waals surface area contributed by atoms with Gasteiger partial charge in [0.1, 0.15) is 12.1 Å². The average molecular weight is 406 g/mol. The number of halogens is 3. The van der Waals surface area contributed by atoms with Gasteiger partial charge >= 0.3 is 6.18 Å². The number of nitrogens with one attached hydrogen (secondary N) is 2. The fraction of sp³-hybridized carbons (Fsp3) is 0.333. The van der Waals surface area contributed by atoms with E-state index in [1.807, 2.05) is 0 Å². The minimum absolute atomic E-state index is 0.0894. The van der Waals surface area contributed by atoms with Gasteiger partial charge in [-0.15, -0.1) is 0 Å². The Morgan fingerprint density at radius 1 is 1.10 bits per heavy atom. The molecule has 0 saturated carbocycles. The summed E-state index contributed by atoms with van der Waals surface area (Å²) in [6, 6.07) is 12.0. The van der Waals surface area contributed by atoms with Gasteiger partial charge in [0.15, 0.2) is 6.54 Å². The molecule has 1 unspecified atom stereocenters. The van der Waals surface area contributed by atoms with Gasteiger partial charge in [0.25, 0.3) is 5.91 Å². The average Bonchev–Trinajstić information content (AvgIpc) is 2.62. The van der Waals surface area contributed by atoms with Crippen LogP contribution in [0.25, 0.3) is 0 Å². The fourth-order valence-electron chi connectivity index (χ4n) is 3.46. The van der Waals surface area contributed by atoms with Gasteiger partial charge in [-0.25, -0.2) is 0 Å². The first kappa shape index (κ1) is 20.9. The van der Waals surface area contributed by atoms with Crippen LogP contribution < -0.4 is 15.1 Å². The predicted molar refractivity (Wildman–Crippen MR) is 104 cm³/mol. The quantitative estimate of drug-likeness (QED) is 0.820. The number of para-hydroxylation sites is 2. The fourth-order valence-corrected chi connectivity index (χ4v) is 3.46. The van der Waals surface area contributed by atoms with Crippen LogP contribution in [0.3, 0.4) is 0 Å². The number of anilines is 2. The molecular weight excluding hydrogens is 383 g/mol. The highest BCUT2D eigenvalue weighted by molar-refractivity contribution is 6.14. The van der Waals surface area contributed by atoms with E-state index >= 15 is 0 Å². The zero-order valence-electron chi connectivity index (χ0n) is 16.4. The molecule has 1 atom stereocenters. The zero-order valence-corrected chi connectivity index (χ0v) is 16.4. The number of hydrogen-bond donors (Lipinski definition) is 2. The second-order valence-corrected chi connectivity index (χ2v) is 7.76. The zero-order chi connectivity index (χ0) is 21.4. The third-order valence-electron chi connectivity index (χ3n) is 5.00. The Morgan fingerprint density at radius 3 is 2.34 bits per heavy atom. The van der Waals surface area contributed by atoms with E-state index in [1.165, 1.54) is 17.0 Å². The highest BCUT2D eigenvalue weighted by atomic mass is 19.4. The predicted octanol–water partition coefficient (Wildman–Crippen LogP) is 2.48. The Morgan fingerprint density at radius 2 is 1.72 bits per heavy atom. The summed E-state index contributed by atoms with van der Waals surface area (Å²) in [5.41, 5.74) is 0.141. The van der Waals surface area contributed by atoms with Crippen molar-refractivity contribution >= 4 is 23.2 Å². The van der Waals surface area contributed by atoms with Crippen LogP contribution in [0.2, 0.25) is 0 Å². The second-order valence-electron chi connectivity index (χ2n) is 7.76. The summed E-state index contributed by atoms with van der Waals surface area (Å²) in [5, 5.41) is 2.81. The number of rotatable bonds is 4. The lowest BCUT2D eigenvalue weighted by Gasteiger charge is -2.42. The maximum atomic E-state index is 13.1. The van der Waals surface area contributed by atoms with E-state index in [9.17, 15) is 22.8 Å². The number of amides is 2. The molecule has 1 aliphatic heterocycles. The molecule has 2 amide bonds. The molecule has 154 valence electrons. The molecule has 2 N–H and O–H groups in total. The van der Waals surface area contributed by atoms with E-state index in [0.717, 1.165) is 17.0 Å². The summed E-state index contributed by atoms with van der Waals surface area (Å²) in [5.74, 6) is -0.508. The number of quaternary nitrogens is 1. The summed E-state index contributed by atoms with van der Waals surface area (Å²) in [6.45, 7) is 3.83. The van der Waals surface area contributed by atoms with Crippen molar-refractivity contribution in [1.29, 1.82) is 0 Å². The molecule has 0 aromatic heterocycles. The van der Waals surface area contributed by atoms with Crippen molar-refractivity contribution in [2.24, 2.45) is 0 Å². The molecule has 0 saturated heterocycles. The number of carbonyl (C=O) groups excluding carboxylic acids is 2. The molecule has 2 aromatic rings. The molecule has 0 radical (unpaired) electrons. The van der Waals surface area contributed by atoms with E-state index in [4.69, 9.17) is 0 Å². The molecule has 29 heavy (non-hydrogen) atoms. The van der Waals surface area contributed by atoms with Crippen molar-refractivity contribution in [2.75, 3.05) is 23.8 Å². The molecule has 3 rings (SSSR count). The van der Waals surface area contributed by atoms with E-state index in [-0.39, 0.29) is 18.4 Å². The summed E-state index contributed by atoms with van der Waals surface area (Å²) in [6.07, 6.45) is -4.37. The number of nitrogens with zero attached hydrogens (tertiary/aromatic N) is 1. The van der Waals surface area contributed by atoms with Crippen molar-refractivity contribution < 1.29 is 27.7 Å². The van der Waals surface area contributed by atoms with Crippen LogP contribution in [0.1, 0.15) is 25.0 Å². The maximum Gasteiger partial charge on any atom is 0.416 e. The van der Waals surface area contributed by atoms with Gasteiger partial charge in [0.2, 0.25) is 5.91 Å². The molecule has 8 heteroatoms. The number of alkyl halides is 3. The molecule has 2 aromatic carbocycles. The Labute approximate surface area is 167 Å². The van der Waals surface area contributed by atoms with Gasteiger partial charge in [-0.1, -0.05) is 24.3 Å². The van der Waals surface area contributed by atoms with E-state index in [2.05, 4.69) is 5.32 Å². The highest BCUT2D eigenvalue weighted by Gasteiger charge is 2.44. The Kier molecular flexibility index (Phi) is 5.40. The first-order chi connectivity index (χ1) is 13.5. The van der Waals surface area contributed by atoms with Crippen LogP contribution in [0, 0.1) is 0 Å². The van der Waals surface area contributed by atoms with Crippen LogP contribution in [-0.4, -0.2) is 30.9 Å². The van der Waals surface area contributed by atoms with Gasteiger partial charge in [-0.2, -0.15) is 13.2 Å². The Hall–Kier alpha value is -2.87. The van der Waals surface area contributed by atoms with Crippen molar-refractivity contribution in [3.8, 4) is 0 Å². The Balaban J connectivity index is 1.74. The van der Waals surface area contributed by atoms with Crippen molar-refractivity contribution in [3.63, 3.8) is 0 Å². The van der Waals surface area contributed by atoms with Gasteiger partial charge in [-0.05, 0) is 38.1 Å². The minimum atomic E-state index is -4.37. The highest BCUT2D eigenvalue weighted by Crippen LogP contribution is 2.36. The van der Waals surface area contributed by atoms with Crippen LogP contribution in [-0.2, 0) is 22.3 Å². The van der Waals surface area contributed by atoms with E-state index in [0.29, 0.717) is 23.5 Å². The van der Waals surface area contributed by atoms with Gasteiger partial charge in [-0.3, -0.25) is 14.5 Å². The molecule has 0 fully saturated rings. The Bertz CT molecular complexity index is 924. The second kappa shape index (κ2) is 7.51. The van der Waals surface area contributed by atoms with E-state index < -0.39 is 17.3 Å². The topological polar surface area (TPSA) is 53.9 Å². The van der Waals surface area contributed by atoms with Crippen molar-refractivity contribution in [3.05, 3.63) is 59.7 Å². The largest absolute Gasteiger partial charge is 0.416 e. The number of fused-ring (bicyclic) bond motifs is 1. The maximum absolute atomic E-state index is 13.1. The molecular formula is C21H23F3N3O2+. The third-order valence-corrected chi connectivity index (χ3v) is 5.00. The molecule has 1 aliphatic rings. The number of carbonyl (C=O) groups is 2. The van der Waals surface area contributed by atoms with E-state index in [1.54, 1.807) is 45.2 Å². The summed E-state index contributed by atoms with van der Waals surface area (Å²) in [7, 11) is 1.79. The standard InChI is InChI=1S/C21H22F3N3O2/c1-20(2)19(29)25-16-6-4-5-7-17(16)27(20)18(28)13-26(3)12-14-8-10-15(11-9-14)21(22,23)24/h4-11H,12-13H2,1-3H3,(H,25,29)/p+1. The van der Waals surface area contributed by atoms with Crippen molar-refractivity contribution in [2.45, 2.75) is 32.1 Å². The molecule has 1 heterocycles. The lowest BCUT2D eigenvalue weighted by atomic mass is 9.96. The minimum Gasteiger partial charge on any atom is -0.326 e. The SMILES string of the molecule is C[NH+](CC(=O)N1c2ccccc2NC(=O)C1(C)C)Cc1ccc(C(F)(F)F)cc1. The van der Waals surface area contributed by atoms with Gasteiger partial charge in [0.05, 0.1) is 24.0 Å². The first-order valence-corrected chi connectivity index (χ1v) is 9.21. The molecule has 0 spiro atoms. The number of likely N-dealkylation sites (N-methyl/N-ethyl adjacent to an activating group) is 1. The normalized spacial score (nSPS) is 16.8. The summed E-state index contributed by atoms with van der Waals surface area (Å²) < 4.78 is 38.1. The smallest absolute Gasteiger partial charge is 0.326 e. The lowest BCUT2D eigenvalue weighted by molar-refractivity contribution is -0.885.